The topological polar surface area (TPSA) is 114 Å². The smallest absolute Gasteiger partial charge is 0.408 e. The molecule has 1 rings (SSSR count). The fourth-order valence-corrected chi connectivity index (χ4v) is 2.35. The number of hydrogen-bond donors (Lipinski definition) is 3. The number of unbranched alkanes of at least 4 members (excludes halogenated alkanes) is 1. The van der Waals surface area contributed by atoms with E-state index in [0.717, 1.165) is 5.56 Å². The zero-order valence-corrected chi connectivity index (χ0v) is 17.0. The number of amides is 2. The van der Waals surface area contributed by atoms with Crippen LogP contribution in [0.3, 0.4) is 0 Å². The van der Waals surface area contributed by atoms with Gasteiger partial charge in [-0.05, 0) is 46.1 Å². The summed E-state index contributed by atoms with van der Waals surface area (Å²) in [5, 5.41) is 14.1. The van der Waals surface area contributed by atoms with Gasteiger partial charge in [0, 0.05) is 17.7 Å². The summed E-state index contributed by atoms with van der Waals surface area (Å²) in [5.41, 5.74) is 0.693. The molecule has 0 unspecified atom stereocenters. The lowest BCUT2D eigenvalue weighted by molar-refractivity contribution is -0.139. The molecule has 158 valence electrons. The van der Waals surface area contributed by atoms with Crippen LogP contribution in [-0.4, -0.2) is 41.4 Å². The Morgan fingerprint density at radius 2 is 1.86 bits per heavy atom. The zero-order valence-electron chi connectivity index (χ0n) is 17.0. The minimum Gasteiger partial charge on any atom is -0.480 e. The van der Waals surface area contributed by atoms with Crippen LogP contribution in [0.2, 0.25) is 0 Å². The molecule has 8 nitrogen and oxygen atoms in total. The quantitative estimate of drug-likeness (QED) is 0.431. The molecule has 0 fully saturated rings. The number of benzene rings is 1. The maximum absolute atomic E-state index is 11.7. The second-order valence-electron chi connectivity index (χ2n) is 7.34. The third kappa shape index (κ3) is 10.1. The lowest BCUT2D eigenvalue weighted by Gasteiger charge is -2.22. The van der Waals surface area contributed by atoms with Crippen molar-refractivity contribution in [2.24, 2.45) is 0 Å². The van der Waals surface area contributed by atoms with Crippen molar-refractivity contribution in [1.29, 1.82) is 0 Å². The molecule has 3 N–H and O–H groups in total. The first-order valence-electron chi connectivity index (χ1n) is 9.30. The summed E-state index contributed by atoms with van der Waals surface area (Å²) in [6.45, 7) is 5.45. The Hall–Kier alpha value is -3.21. The molecule has 0 saturated heterocycles. The van der Waals surface area contributed by atoms with Crippen LogP contribution in [0.1, 0.15) is 51.2 Å². The van der Waals surface area contributed by atoms with E-state index in [-0.39, 0.29) is 13.0 Å². The van der Waals surface area contributed by atoms with Gasteiger partial charge in [0.25, 0.3) is 0 Å². The molecular formula is C21H28N2O6. The van der Waals surface area contributed by atoms with E-state index in [1.54, 1.807) is 39.0 Å². The van der Waals surface area contributed by atoms with E-state index in [1.807, 2.05) is 6.07 Å². The van der Waals surface area contributed by atoms with Crippen molar-refractivity contribution in [3.8, 4) is 12.3 Å². The second kappa shape index (κ2) is 11.6. The van der Waals surface area contributed by atoms with E-state index in [4.69, 9.17) is 15.9 Å². The van der Waals surface area contributed by atoms with E-state index < -0.39 is 29.8 Å². The number of nitrogens with one attached hydrogen (secondary N) is 2. The lowest BCUT2D eigenvalue weighted by atomic mass is 10.1. The first-order chi connectivity index (χ1) is 13.6. The highest BCUT2D eigenvalue weighted by Crippen LogP contribution is 2.09. The van der Waals surface area contributed by atoms with E-state index in [1.165, 1.54) is 0 Å². The largest absolute Gasteiger partial charge is 0.480 e. The third-order valence-electron chi connectivity index (χ3n) is 3.71. The van der Waals surface area contributed by atoms with Gasteiger partial charge in [-0.3, -0.25) is 0 Å². The predicted octanol–water partition coefficient (Wildman–Crippen LogP) is 3.04. The number of carbonyl (C=O) groups excluding carboxylic acids is 2. The molecule has 1 aromatic rings. The van der Waals surface area contributed by atoms with Crippen LogP contribution < -0.4 is 10.6 Å². The van der Waals surface area contributed by atoms with Crippen molar-refractivity contribution >= 4 is 18.2 Å². The summed E-state index contributed by atoms with van der Waals surface area (Å²) in [7, 11) is 0. The summed E-state index contributed by atoms with van der Waals surface area (Å²) in [6.07, 6.45) is 5.24. The van der Waals surface area contributed by atoms with Gasteiger partial charge in [0.1, 0.15) is 18.2 Å². The molecule has 29 heavy (non-hydrogen) atoms. The summed E-state index contributed by atoms with van der Waals surface area (Å²) in [6, 6.07) is 6.10. The molecule has 0 aliphatic rings. The Bertz CT molecular complexity index is 748. The number of hydrogen-bond acceptors (Lipinski definition) is 5. The van der Waals surface area contributed by atoms with Gasteiger partial charge in [0.2, 0.25) is 0 Å². The predicted molar refractivity (Wildman–Crippen MR) is 107 cm³/mol. The molecule has 8 heteroatoms. The molecule has 0 saturated carbocycles. The van der Waals surface area contributed by atoms with Crippen LogP contribution in [0.5, 0.6) is 0 Å². The number of alkyl carbamates (subject to hydrolysis) is 2. The Labute approximate surface area is 171 Å². The highest BCUT2D eigenvalue weighted by molar-refractivity contribution is 5.79. The first kappa shape index (κ1) is 23.8. The minimum absolute atomic E-state index is 0.0626. The number of carboxylic acids is 1. The molecule has 0 bridgehead atoms. The molecule has 0 heterocycles. The van der Waals surface area contributed by atoms with Crippen LogP contribution in [0.25, 0.3) is 0 Å². The minimum atomic E-state index is -1.14. The Balaban J connectivity index is 2.28. The fourth-order valence-electron chi connectivity index (χ4n) is 2.35. The Kier molecular flexibility index (Phi) is 9.52. The van der Waals surface area contributed by atoms with Crippen molar-refractivity contribution < 1.29 is 29.0 Å². The molecule has 0 aliphatic heterocycles. The highest BCUT2D eigenvalue weighted by atomic mass is 16.6. The van der Waals surface area contributed by atoms with Gasteiger partial charge >= 0.3 is 18.2 Å². The summed E-state index contributed by atoms with van der Waals surface area (Å²) < 4.78 is 10.2. The maximum atomic E-state index is 11.7. The van der Waals surface area contributed by atoms with Gasteiger partial charge in [0.05, 0.1) is 0 Å². The van der Waals surface area contributed by atoms with Gasteiger partial charge < -0.3 is 25.2 Å². The normalized spacial score (nSPS) is 11.7. The molecule has 0 aromatic heterocycles. The highest BCUT2D eigenvalue weighted by Gasteiger charge is 2.23. The van der Waals surface area contributed by atoms with Crippen LogP contribution >= 0.6 is 0 Å². The van der Waals surface area contributed by atoms with Crippen molar-refractivity contribution in [1.82, 2.24) is 10.6 Å². The molecule has 1 aromatic carbocycles. The summed E-state index contributed by atoms with van der Waals surface area (Å²) >= 11 is 0. The first-order valence-corrected chi connectivity index (χ1v) is 9.30. The number of carbonyl (C=O) groups is 3. The Morgan fingerprint density at radius 3 is 2.48 bits per heavy atom. The average molecular weight is 404 g/mol. The maximum Gasteiger partial charge on any atom is 0.408 e. The molecule has 0 spiro atoms. The summed E-state index contributed by atoms with van der Waals surface area (Å²) in [4.78, 5) is 34.7. The number of aliphatic carboxylic acids is 1. The number of ether oxygens (including phenoxy) is 2. The fraction of sp³-hybridized carbons (Fsp3) is 0.476. The summed E-state index contributed by atoms with van der Waals surface area (Å²) in [5.74, 6) is 1.38. The molecule has 0 aliphatic carbocycles. The van der Waals surface area contributed by atoms with Crippen molar-refractivity contribution in [2.75, 3.05) is 6.54 Å². The SMILES string of the molecule is C#Cc1ccccc1COC(=O)NCCCC[C@H](NC(=O)OC(C)(C)C)C(=O)O. The number of carboxylic acid groups (broad SMARTS) is 1. The van der Waals surface area contributed by atoms with Crippen LogP contribution in [-0.2, 0) is 20.9 Å². The monoisotopic (exact) mass is 404 g/mol. The van der Waals surface area contributed by atoms with Crippen molar-refractivity contribution in [2.45, 2.75) is 58.3 Å². The van der Waals surface area contributed by atoms with Gasteiger partial charge in [-0.1, -0.05) is 24.1 Å². The molecule has 2 amide bonds. The van der Waals surface area contributed by atoms with E-state index in [9.17, 15) is 19.5 Å². The number of terminal acetylenes is 1. The van der Waals surface area contributed by atoms with Gasteiger partial charge in [-0.2, -0.15) is 0 Å². The molecular weight excluding hydrogens is 376 g/mol. The van der Waals surface area contributed by atoms with E-state index >= 15 is 0 Å². The van der Waals surface area contributed by atoms with Crippen molar-refractivity contribution in [3.63, 3.8) is 0 Å². The van der Waals surface area contributed by atoms with E-state index in [2.05, 4.69) is 16.6 Å². The molecule has 1 atom stereocenters. The van der Waals surface area contributed by atoms with Crippen LogP contribution in [0.15, 0.2) is 24.3 Å². The van der Waals surface area contributed by atoms with Crippen molar-refractivity contribution in [3.05, 3.63) is 35.4 Å². The van der Waals surface area contributed by atoms with Gasteiger partial charge in [-0.25, -0.2) is 14.4 Å². The van der Waals surface area contributed by atoms with Crippen LogP contribution in [0, 0.1) is 12.3 Å². The van der Waals surface area contributed by atoms with Gasteiger partial charge in [0.15, 0.2) is 0 Å². The zero-order chi connectivity index (χ0) is 21.9. The third-order valence-corrected chi connectivity index (χ3v) is 3.71. The molecule has 0 radical (unpaired) electrons. The Morgan fingerprint density at radius 1 is 1.17 bits per heavy atom. The standard InChI is InChI=1S/C21H28N2O6/c1-5-15-10-6-7-11-16(15)14-28-19(26)22-13-9-8-12-17(18(24)25)23-20(27)29-21(2,3)4/h1,6-7,10-11,17H,8-9,12-14H2,2-4H3,(H,22,26)(H,23,27)(H,24,25)/t17-/m0/s1. The second-order valence-corrected chi connectivity index (χ2v) is 7.34. The van der Waals surface area contributed by atoms with E-state index in [0.29, 0.717) is 24.9 Å². The van der Waals surface area contributed by atoms with Gasteiger partial charge in [-0.15, -0.1) is 6.42 Å². The lowest BCUT2D eigenvalue weighted by Crippen LogP contribution is -2.43. The number of rotatable bonds is 9. The van der Waals surface area contributed by atoms with Crippen LogP contribution in [0.4, 0.5) is 9.59 Å². The average Bonchev–Trinajstić information content (AvgIpc) is 2.63.